The highest BCUT2D eigenvalue weighted by Crippen LogP contribution is 2.51. The van der Waals surface area contributed by atoms with E-state index in [-0.39, 0.29) is 36.7 Å². The third kappa shape index (κ3) is 3.93. The highest BCUT2D eigenvalue weighted by Gasteiger charge is 2.49. The van der Waals surface area contributed by atoms with Gasteiger partial charge in [0, 0.05) is 17.5 Å². The van der Waals surface area contributed by atoms with Gasteiger partial charge in [-0.1, -0.05) is 24.3 Å². The molecular weight excluding hydrogens is 420 g/mol. The van der Waals surface area contributed by atoms with Gasteiger partial charge in [0.2, 0.25) is 0 Å². The lowest BCUT2D eigenvalue weighted by Crippen LogP contribution is -2.44. The maximum Gasteiger partial charge on any atom is 0.414 e. The molecule has 10 heteroatoms. The Bertz CT molecular complexity index is 905. The SMILES string of the molecule is NC1=N[C@@]2(C3=CC(NC(=O)C4=NC=C(C(F)(F)F)CC4)CC=C3F)CCC[C@H]2CS1. The fourth-order valence-electron chi connectivity index (χ4n) is 4.58. The molecule has 0 spiro atoms. The van der Waals surface area contributed by atoms with Gasteiger partial charge in [-0.05, 0) is 44.1 Å². The van der Waals surface area contributed by atoms with E-state index in [1.165, 1.54) is 17.8 Å². The number of carbonyl (C=O) groups is 1. The van der Waals surface area contributed by atoms with Gasteiger partial charge in [0.05, 0.1) is 17.2 Å². The number of nitrogens with two attached hydrogens (primary N) is 1. The summed E-state index contributed by atoms with van der Waals surface area (Å²) >= 11 is 1.48. The second-order valence-electron chi connectivity index (χ2n) is 7.95. The minimum atomic E-state index is -4.44. The molecule has 5 nitrogen and oxygen atoms in total. The van der Waals surface area contributed by atoms with E-state index in [1.807, 2.05) is 0 Å². The van der Waals surface area contributed by atoms with Crippen LogP contribution in [0.4, 0.5) is 17.6 Å². The number of fused-ring (bicyclic) bond motifs is 1. The second kappa shape index (κ2) is 7.86. The summed E-state index contributed by atoms with van der Waals surface area (Å²) in [4.78, 5) is 20.9. The quantitative estimate of drug-likeness (QED) is 0.650. The zero-order valence-electron chi connectivity index (χ0n) is 16.1. The molecule has 0 aromatic rings. The third-order valence-electron chi connectivity index (χ3n) is 6.12. The molecule has 2 aliphatic carbocycles. The summed E-state index contributed by atoms with van der Waals surface area (Å²) in [6, 6.07) is -0.482. The minimum absolute atomic E-state index is 0.0428. The number of amides is 1. The van der Waals surface area contributed by atoms with Crippen molar-refractivity contribution >= 4 is 28.5 Å². The Balaban J connectivity index is 1.53. The molecule has 162 valence electrons. The highest BCUT2D eigenvalue weighted by molar-refractivity contribution is 8.13. The zero-order valence-corrected chi connectivity index (χ0v) is 17.0. The van der Waals surface area contributed by atoms with E-state index in [9.17, 15) is 22.4 Å². The Morgan fingerprint density at radius 2 is 2.13 bits per heavy atom. The van der Waals surface area contributed by atoms with Gasteiger partial charge in [0.25, 0.3) is 5.91 Å². The first-order valence-electron chi connectivity index (χ1n) is 9.89. The molecule has 2 heterocycles. The molecule has 4 aliphatic rings. The van der Waals surface area contributed by atoms with Crippen molar-refractivity contribution < 1.29 is 22.4 Å². The highest BCUT2D eigenvalue weighted by atomic mass is 32.2. The molecule has 1 unspecified atom stereocenters. The summed E-state index contributed by atoms with van der Waals surface area (Å²) in [5.41, 5.74) is 5.00. The predicted molar refractivity (Wildman–Crippen MR) is 109 cm³/mol. The molecule has 0 radical (unpaired) electrons. The molecule has 4 rings (SSSR count). The summed E-state index contributed by atoms with van der Waals surface area (Å²) in [7, 11) is 0. The van der Waals surface area contributed by atoms with E-state index in [0.717, 1.165) is 18.6 Å². The molecule has 0 aromatic heterocycles. The fourth-order valence-corrected chi connectivity index (χ4v) is 5.62. The zero-order chi connectivity index (χ0) is 21.5. The maximum atomic E-state index is 14.8. The molecule has 0 bridgehead atoms. The summed E-state index contributed by atoms with van der Waals surface area (Å²) in [5.74, 6) is 0.0835. The first-order chi connectivity index (χ1) is 14.2. The minimum Gasteiger partial charge on any atom is -0.379 e. The monoisotopic (exact) mass is 442 g/mol. The topological polar surface area (TPSA) is 79.8 Å². The second-order valence-corrected chi connectivity index (χ2v) is 8.99. The number of thioether (sulfide) groups is 1. The number of hydrogen-bond donors (Lipinski definition) is 2. The lowest BCUT2D eigenvalue weighted by molar-refractivity contribution is -0.115. The number of aliphatic imine (C=N–C) groups is 2. The summed E-state index contributed by atoms with van der Waals surface area (Å²) in [6.07, 6.45) is 1.84. The van der Waals surface area contributed by atoms with E-state index < -0.39 is 29.2 Å². The van der Waals surface area contributed by atoms with Crippen LogP contribution in [-0.4, -0.2) is 40.3 Å². The molecule has 3 N–H and O–H groups in total. The predicted octanol–water partition coefficient (Wildman–Crippen LogP) is 3.94. The number of amidine groups is 1. The van der Waals surface area contributed by atoms with Gasteiger partial charge in [-0.25, -0.2) is 4.39 Å². The van der Waals surface area contributed by atoms with Crippen LogP contribution in [0.3, 0.4) is 0 Å². The van der Waals surface area contributed by atoms with Gasteiger partial charge >= 0.3 is 6.18 Å². The van der Waals surface area contributed by atoms with Crippen LogP contribution in [0.25, 0.3) is 0 Å². The number of halogens is 4. The van der Waals surface area contributed by atoms with E-state index in [2.05, 4.69) is 15.3 Å². The Hall–Kier alpha value is -2.10. The standard InChI is InChI=1S/C20H22F4N4OS/c21-15-5-4-13(27-17(29)16-6-3-11(9-26-16)20(22,23)24)8-14(15)19-7-1-2-12(19)10-30-18(25)28-19/h5,8-9,12-13H,1-4,6-7,10H2,(H2,25,28)(H,27,29)/t12-,13?,19-/m0/s1. The van der Waals surface area contributed by atoms with Crippen LogP contribution in [-0.2, 0) is 4.79 Å². The maximum absolute atomic E-state index is 14.8. The smallest absolute Gasteiger partial charge is 0.379 e. The summed E-state index contributed by atoms with van der Waals surface area (Å²) in [6.45, 7) is 0. The molecule has 0 aromatic carbocycles. The first-order valence-corrected chi connectivity index (χ1v) is 10.9. The number of hydrogen-bond acceptors (Lipinski definition) is 5. The van der Waals surface area contributed by atoms with Crippen molar-refractivity contribution in [3.05, 3.63) is 35.3 Å². The van der Waals surface area contributed by atoms with E-state index in [0.29, 0.717) is 23.4 Å². The average molecular weight is 442 g/mol. The molecule has 30 heavy (non-hydrogen) atoms. The molecule has 1 saturated carbocycles. The van der Waals surface area contributed by atoms with Gasteiger partial charge in [0.1, 0.15) is 11.5 Å². The van der Waals surface area contributed by atoms with E-state index in [4.69, 9.17) is 5.73 Å². The fraction of sp³-hybridized carbons (Fsp3) is 0.550. The first kappa shape index (κ1) is 21.1. The van der Waals surface area contributed by atoms with Crippen LogP contribution >= 0.6 is 11.8 Å². The van der Waals surface area contributed by atoms with Crippen LogP contribution in [0, 0.1) is 5.92 Å². The molecule has 3 atom stereocenters. The Labute approximate surface area is 175 Å². The van der Waals surface area contributed by atoms with Crippen molar-refractivity contribution in [3.63, 3.8) is 0 Å². The summed E-state index contributed by atoms with van der Waals surface area (Å²) < 4.78 is 53.0. The van der Waals surface area contributed by atoms with Crippen molar-refractivity contribution in [1.29, 1.82) is 0 Å². The van der Waals surface area contributed by atoms with Crippen LogP contribution in [0.2, 0.25) is 0 Å². The lowest BCUT2D eigenvalue weighted by Gasteiger charge is -2.38. The van der Waals surface area contributed by atoms with Crippen molar-refractivity contribution in [3.8, 4) is 0 Å². The number of carbonyl (C=O) groups excluding carboxylic acids is 1. The average Bonchev–Trinajstić information content (AvgIpc) is 3.12. The normalized spacial score (nSPS) is 31.7. The molecule has 0 saturated heterocycles. The number of allylic oxidation sites excluding steroid dienone is 1. The van der Waals surface area contributed by atoms with Crippen LogP contribution in [0.15, 0.2) is 45.3 Å². The Morgan fingerprint density at radius 1 is 1.33 bits per heavy atom. The van der Waals surface area contributed by atoms with Gasteiger partial charge < -0.3 is 11.1 Å². The number of nitrogens with zero attached hydrogens (tertiary/aromatic N) is 2. The van der Waals surface area contributed by atoms with E-state index in [1.54, 1.807) is 6.08 Å². The number of alkyl halides is 3. The molecule has 1 fully saturated rings. The molecule has 1 amide bonds. The van der Waals surface area contributed by atoms with E-state index >= 15 is 0 Å². The van der Waals surface area contributed by atoms with Crippen LogP contribution in [0.5, 0.6) is 0 Å². The van der Waals surface area contributed by atoms with Gasteiger partial charge in [-0.15, -0.1) is 0 Å². The Kier molecular flexibility index (Phi) is 5.54. The summed E-state index contributed by atoms with van der Waals surface area (Å²) in [5, 5.41) is 3.21. The van der Waals surface area contributed by atoms with Crippen molar-refractivity contribution in [2.24, 2.45) is 21.6 Å². The Morgan fingerprint density at radius 3 is 2.83 bits per heavy atom. The van der Waals surface area contributed by atoms with Gasteiger partial charge in [-0.2, -0.15) is 13.2 Å². The molecule has 2 aliphatic heterocycles. The van der Waals surface area contributed by atoms with Crippen molar-refractivity contribution in [2.45, 2.75) is 56.3 Å². The number of rotatable bonds is 3. The van der Waals surface area contributed by atoms with Crippen molar-refractivity contribution in [1.82, 2.24) is 5.32 Å². The number of nitrogens with one attached hydrogen (secondary N) is 1. The van der Waals surface area contributed by atoms with Crippen LogP contribution in [0.1, 0.15) is 38.5 Å². The van der Waals surface area contributed by atoms with Crippen molar-refractivity contribution in [2.75, 3.05) is 5.75 Å². The van der Waals surface area contributed by atoms with Gasteiger partial charge in [0.15, 0.2) is 5.17 Å². The van der Waals surface area contributed by atoms with Crippen LogP contribution < -0.4 is 11.1 Å². The lowest BCUT2D eigenvalue weighted by atomic mass is 9.78. The third-order valence-corrected chi connectivity index (χ3v) is 7.08. The van der Waals surface area contributed by atoms with Gasteiger partial charge in [-0.3, -0.25) is 14.8 Å². The molecular formula is C20H22F4N4OS. The largest absolute Gasteiger partial charge is 0.414 e.